The number of amides is 1. The zero-order chi connectivity index (χ0) is 17.2. The number of benzene rings is 1. The Labute approximate surface area is 151 Å². The Morgan fingerprint density at radius 1 is 1.04 bits per heavy atom. The van der Waals surface area contributed by atoms with Crippen LogP contribution < -0.4 is 4.74 Å². The lowest BCUT2D eigenvalue weighted by Crippen LogP contribution is -2.43. The van der Waals surface area contributed by atoms with E-state index in [1.54, 1.807) is 6.92 Å². The number of carbonyl (C=O) groups is 1. The lowest BCUT2D eigenvalue weighted by Gasteiger charge is -2.36. The van der Waals surface area contributed by atoms with Crippen molar-refractivity contribution in [1.82, 2.24) is 9.80 Å². The molecule has 4 nitrogen and oxygen atoms in total. The molecule has 2 bridgehead atoms. The zero-order valence-electron chi connectivity index (χ0n) is 15.3. The number of ether oxygens (including phenoxy) is 1. The summed E-state index contributed by atoms with van der Waals surface area (Å²) in [4.78, 5) is 16.5. The molecule has 1 aliphatic carbocycles. The molecule has 3 aliphatic heterocycles. The van der Waals surface area contributed by atoms with E-state index in [0.29, 0.717) is 18.1 Å². The van der Waals surface area contributed by atoms with Crippen molar-refractivity contribution in [3.05, 3.63) is 29.8 Å². The summed E-state index contributed by atoms with van der Waals surface area (Å²) in [7, 11) is 0. The molecule has 3 heterocycles. The molecule has 1 aromatic rings. The largest absolute Gasteiger partial charge is 0.490 e. The highest BCUT2D eigenvalue weighted by Crippen LogP contribution is 2.30. The first-order chi connectivity index (χ1) is 12.2. The fourth-order valence-corrected chi connectivity index (χ4v) is 4.74. The van der Waals surface area contributed by atoms with E-state index in [1.165, 1.54) is 44.1 Å². The number of carbonyl (C=O) groups excluding carboxylic acids is 1. The molecule has 2 atom stereocenters. The van der Waals surface area contributed by atoms with Gasteiger partial charge in [-0.05, 0) is 62.1 Å². The van der Waals surface area contributed by atoms with Crippen LogP contribution in [0.4, 0.5) is 0 Å². The summed E-state index contributed by atoms with van der Waals surface area (Å²) in [5, 5.41) is 0. The average molecular weight is 342 g/mol. The van der Waals surface area contributed by atoms with Crippen molar-refractivity contribution in [3.8, 4) is 5.75 Å². The molecule has 0 unspecified atom stereocenters. The van der Waals surface area contributed by atoms with Crippen molar-refractivity contribution < 1.29 is 9.53 Å². The van der Waals surface area contributed by atoms with Crippen molar-refractivity contribution in [2.24, 2.45) is 5.92 Å². The Hall–Kier alpha value is -1.55. The number of hydrogen-bond acceptors (Lipinski definition) is 3. The summed E-state index contributed by atoms with van der Waals surface area (Å²) in [5.74, 6) is 1.87. The van der Waals surface area contributed by atoms with Crippen LogP contribution in [0.3, 0.4) is 0 Å². The number of fused-ring (bicyclic) bond motifs is 4. The van der Waals surface area contributed by atoms with Crippen LogP contribution in [0, 0.1) is 5.92 Å². The minimum atomic E-state index is 0.229. The summed E-state index contributed by atoms with van der Waals surface area (Å²) in [5.41, 5.74) is 1.35. The molecule has 3 saturated heterocycles. The Balaban J connectivity index is 1.37. The molecule has 5 rings (SSSR count). The second kappa shape index (κ2) is 7.36. The molecule has 1 aromatic carbocycles. The van der Waals surface area contributed by atoms with Crippen molar-refractivity contribution in [3.63, 3.8) is 0 Å². The highest BCUT2D eigenvalue weighted by molar-refractivity contribution is 5.73. The van der Waals surface area contributed by atoms with E-state index < -0.39 is 0 Å². The van der Waals surface area contributed by atoms with Crippen molar-refractivity contribution in [1.29, 1.82) is 0 Å². The third kappa shape index (κ3) is 4.00. The smallest absolute Gasteiger partial charge is 0.219 e. The normalized spacial score (nSPS) is 27.5. The van der Waals surface area contributed by atoms with Crippen LogP contribution in [-0.4, -0.2) is 47.5 Å². The maximum absolute atomic E-state index is 11.8. The monoisotopic (exact) mass is 342 g/mol. The quantitative estimate of drug-likeness (QED) is 0.840. The predicted octanol–water partition coefficient (Wildman–Crippen LogP) is 3.45. The van der Waals surface area contributed by atoms with Crippen molar-refractivity contribution in [2.45, 2.75) is 64.1 Å². The van der Waals surface area contributed by atoms with Crippen LogP contribution >= 0.6 is 0 Å². The fourth-order valence-electron chi connectivity index (χ4n) is 4.74. The molecule has 0 radical (unpaired) electrons. The van der Waals surface area contributed by atoms with E-state index in [1.807, 2.05) is 0 Å². The van der Waals surface area contributed by atoms with Crippen LogP contribution in [0.25, 0.3) is 0 Å². The summed E-state index contributed by atoms with van der Waals surface area (Å²) in [6.07, 6.45) is 7.91. The first kappa shape index (κ1) is 16.9. The van der Waals surface area contributed by atoms with E-state index in [4.69, 9.17) is 4.74 Å². The average Bonchev–Trinajstić information content (AvgIpc) is 2.94. The molecule has 25 heavy (non-hydrogen) atoms. The zero-order valence-corrected chi connectivity index (χ0v) is 15.3. The molecule has 136 valence electrons. The third-order valence-corrected chi connectivity index (χ3v) is 6.19. The van der Waals surface area contributed by atoms with Gasteiger partial charge in [-0.25, -0.2) is 0 Å². The van der Waals surface area contributed by atoms with Crippen LogP contribution in [0.1, 0.15) is 51.0 Å². The molecule has 0 spiro atoms. The summed E-state index contributed by atoms with van der Waals surface area (Å²) in [6, 6.07) is 9.20. The molecule has 1 amide bonds. The maximum atomic E-state index is 11.8. The minimum Gasteiger partial charge on any atom is -0.490 e. The topological polar surface area (TPSA) is 32.8 Å². The van der Waals surface area contributed by atoms with Gasteiger partial charge in [-0.2, -0.15) is 0 Å². The summed E-state index contributed by atoms with van der Waals surface area (Å²) in [6.45, 7) is 5.65. The minimum absolute atomic E-state index is 0.229. The van der Waals surface area contributed by atoms with Crippen LogP contribution in [0.5, 0.6) is 5.75 Å². The van der Waals surface area contributed by atoms with Gasteiger partial charge in [-0.15, -0.1) is 0 Å². The van der Waals surface area contributed by atoms with Crippen LogP contribution in [0.2, 0.25) is 0 Å². The number of hydrogen-bond donors (Lipinski definition) is 0. The van der Waals surface area contributed by atoms with Gasteiger partial charge < -0.3 is 9.64 Å². The van der Waals surface area contributed by atoms with Crippen LogP contribution in [-0.2, 0) is 11.3 Å². The number of nitrogens with zero attached hydrogens (tertiary/aromatic N) is 2. The molecule has 0 N–H and O–H groups in total. The molecule has 1 saturated carbocycles. The predicted molar refractivity (Wildman–Crippen MR) is 98.5 cm³/mol. The van der Waals surface area contributed by atoms with Gasteiger partial charge in [0.25, 0.3) is 0 Å². The van der Waals surface area contributed by atoms with E-state index in [9.17, 15) is 4.79 Å². The number of rotatable bonds is 4. The second-order valence-corrected chi connectivity index (χ2v) is 8.12. The van der Waals surface area contributed by atoms with Gasteiger partial charge in [0.1, 0.15) is 5.75 Å². The second-order valence-electron chi connectivity index (χ2n) is 8.12. The molecular formula is C21H30N2O2. The lowest BCUT2D eigenvalue weighted by molar-refractivity contribution is -0.129. The van der Waals surface area contributed by atoms with Gasteiger partial charge in [0.05, 0.1) is 6.10 Å². The Morgan fingerprint density at radius 3 is 2.52 bits per heavy atom. The maximum Gasteiger partial charge on any atom is 0.219 e. The number of piperidine rings is 1. The Kier molecular flexibility index (Phi) is 4.98. The summed E-state index contributed by atoms with van der Waals surface area (Å²) < 4.78 is 6.07. The van der Waals surface area contributed by atoms with Gasteiger partial charge in [0, 0.05) is 39.1 Å². The third-order valence-electron chi connectivity index (χ3n) is 6.19. The van der Waals surface area contributed by atoms with Gasteiger partial charge in [-0.1, -0.05) is 12.1 Å². The van der Waals surface area contributed by atoms with E-state index in [0.717, 1.165) is 31.9 Å². The van der Waals surface area contributed by atoms with E-state index >= 15 is 0 Å². The van der Waals surface area contributed by atoms with Crippen LogP contribution in [0.15, 0.2) is 24.3 Å². The van der Waals surface area contributed by atoms with E-state index in [-0.39, 0.29) is 5.91 Å². The van der Waals surface area contributed by atoms with Gasteiger partial charge in [0.2, 0.25) is 5.91 Å². The first-order valence-corrected chi connectivity index (χ1v) is 9.92. The molecule has 4 heteroatoms. The van der Waals surface area contributed by atoms with E-state index in [2.05, 4.69) is 34.1 Å². The summed E-state index contributed by atoms with van der Waals surface area (Å²) >= 11 is 0. The lowest BCUT2D eigenvalue weighted by atomic mass is 9.94. The van der Waals surface area contributed by atoms with Crippen molar-refractivity contribution in [2.75, 3.05) is 19.6 Å². The SMILES string of the molecule is CC(=O)N1C[C@H]2CC[C@@H](C1)N(Cc1ccc(OC3CCCC3)cc1)C2. The van der Waals surface area contributed by atoms with Crippen molar-refractivity contribution >= 4 is 5.91 Å². The molecular weight excluding hydrogens is 312 g/mol. The molecule has 4 fully saturated rings. The Morgan fingerprint density at radius 2 is 1.80 bits per heavy atom. The van der Waals surface area contributed by atoms with Gasteiger partial charge in [-0.3, -0.25) is 9.69 Å². The molecule has 4 aliphatic rings. The standard InChI is InChI=1S/C21H30N2O2/c1-16(24)22-13-18-6-9-19(15-22)23(14-18)12-17-7-10-21(11-8-17)25-20-4-2-3-5-20/h7-8,10-11,18-20H,2-6,9,12-15H2,1H3/t18-,19+/m1/s1. The van der Waals surface area contributed by atoms with Gasteiger partial charge >= 0.3 is 0 Å². The fraction of sp³-hybridized carbons (Fsp3) is 0.667. The Bertz CT molecular complexity index is 594. The highest BCUT2D eigenvalue weighted by Gasteiger charge is 2.35. The first-order valence-electron chi connectivity index (χ1n) is 9.92. The van der Waals surface area contributed by atoms with Gasteiger partial charge in [0.15, 0.2) is 0 Å². The molecule has 0 aromatic heterocycles. The highest BCUT2D eigenvalue weighted by atomic mass is 16.5.